The second kappa shape index (κ2) is 59.7. The van der Waals surface area contributed by atoms with Crippen LogP contribution in [0.2, 0.25) is 0 Å². The van der Waals surface area contributed by atoms with Crippen LogP contribution in [0.1, 0.15) is 130 Å². The van der Waals surface area contributed by atoms with Crippen LogP contribution in [0.15, 0.2) is 0 Å². The Kier molecular flexibility index (Phi) is 93.2. The quantitative estimate of drug-likeness (QED) is 0.452. The van der Waals surface area contributed by atoms with E-state index in [4.69, 9.17) is 1.37 Å². The smallest absolute Gasteiger partial charge is 0.0230 e. The van der Waals surface area contributed by atoms with Gasteiger partial charge in [-0.05, 0) is 11.8 Å². The van der Waals surface area contributed by atoms with E-state index < -0.39 is 0 Å². The van der Waals surface area contributed by atoms with E-state index in [-0.39, 0.29) is 0 Å². The first-order valence-corrected chi connectivity index (χ1v) is 9.45. The lowest BCUT2D eigenvalue weighted by molar-refractivity contribution is 0.626. The first kappa shape index (κ1) is 32.8. The maximum atomic E-state index is 6.73. The molecule has 0 spiro atoms. The molecule has 0 aromatic carbocycles. The highest BCUT2D eigenvalue weighted by Gasteiger charge is 1.80. The van der Waals surface area contributed by atoms with Crippen LogP contribution in [0.3, 0.4) is 0 Å². The van der Waals surface area contributed by atoms with Gasteiger partial charge in [0, 0.05) is 1.37 Å². The Balaban J connectivity index is -0.0000000360. The Morgan fingerprint density at radius 2 is 0.714 bits per heavy atom. The van der Waals surface area contributed by atoms with Gasteiger partial charge in [-0.25, -0.2) is 0 Å². The summed E-state index contributed by atoms with van der Waals surface area (Å²) in [4.78, 5) is 0. The second-order valence-electron chi connectivity index (χ2n) is 6.24. The minimum Gasteiger partial charge on any atom is -0.0656 e. The zero-order valence-electron chi connectivity index (χ0n) is 19.4. The summed E-state index contributed by atoms with van der Waals surface area (Å²) in [6.45, 7) is 28.3. The number of hydrogen-bond acceptors (Lipinski definition) is 0. The number of rotatable bonds is 1. The van der Waals surface area contributed by atoms with Crippen LogP contribution in [-0.2, 0) is 0 Å². The van der Waals surface area contributed by atoms with Crippen LogP contribution in [0.25, 0.3) is 0 Å². The van der Waals surface area contributed by atoms with Crippen LogP contribution in [0.4, 0.5) is 0 Å². The average molecular weight is 308 g/mol. The minimum atomic E-state index is 0.581. The molecular weight excluding hydrogens is 252 g/mol. The molecule has 0 unspecified atom stereocenters. The molecule has 0 aromatic heterocycles. The van der Waals surface area contributed by atoms with Crippen LogP contribution in [0, 0.1) is 11.8 Å². The summed E-state index contributed by atoms with van der Waals surface area (Å²) in [5.41, 5.74) is 0. The molecule has 0 aromatic rings. The van der Waals surface area contributed by atoms with Gasteiger partial charge in [-0.2, -0.15) is 0 Å². The summed E-state index contributed by atoms with van der Waals surface area (Å²) in [7, 11) is 0. The van der Waals surface area contributed by atoms with Crippen molar-refractivity contribution in [3.63, 3.8) is 0 Å². The van der Waals surface area contributed by atoms with Crippen molar-refractivity contribution in [2.45, 2.75) is 129 Å². The molecule has 138 valence electrons. The van der Waals surface area contributed by atoms with Gasteiger partial charge in [0.2, 0.25) is 0 Å². The van der Waals surface area contributed by atoms with Gasteiger partial charge in [-0.3, -0.25) is 0 Å². The monoisotopic (exact) mass is 307 g/mol. The van der Waals surface area contributed by atoms with Crippen LogP contribution >= 0.6 is 0 Å². The lowest BCUT2D eigenvalue weighted by Gasteiger charge is -1.90. The molecule has 0 heteroatoms. The summed E-state index contributed by atoms with van der Waals surface area (Å²) < 4.78 is 6.73. The van der Waals surface area contributed by atoms with Crippen LogP contribution in [0.5, 0.6) is 0 Å². The molecule has 0 atom stereocenters. The highest BCUT2D eigenvalue weighted by molar-refractivity contribution is 4.32. The maximum absolute atomic E-state index is 6.73. The summed E-state index contributed by atoms with van der Waals surface area (Å²) in [6, 6.07) is 0. The van der Waals surface area contributed by atoms with Crippen molar-refractivity contribution in [3.05, 3.63) is 0 Å². The summed E-state index contributed by atoms with van der Waals surface area (Å²) >= 11 is 0. The molecule has 0 saturated heterocycles. The SMILES string of the molecule is CC(C)C.CCC.CCC.CCC.CCC.[2H]CCC(C)C. The molecule has 0 fully saturated rings. The molecular formula is C21H54. The standard InChI is InChI=1S/C5H12.C4H10.4C3H8/c1-4-5(2)3;1-4(2)3;4*1-3-2/h5H,4H2,1-3H3;4H,1-3H3;4*3H2,1-2H3/i1D;;;;;. The Morgan fingerprint density at radius 1 is 0.571 bits per heavy atom. The molecule has 0 nitrogen and oxygen atoms in total. The summed E-state index contributed by atoms with van der Waals surface area (Å²) in [5, 5.41) is 0. The van der Waals surface area contributed by atoms with E-state index >= 15 is 0 Å². The average Bonchev–Trinajstić information content (AvgIpc) is 2.31. The Morgan fingerprint density at radius 3 is 0.714 bits per heavy atom. The van der Waals surface area contributed by atoms with Gasteiger partial charge in [-0.15, -0.1) is 0 Å². The van der Waals surface area contributed by atoms with Crippen molar-refractivity contribution < 1.29 is 1.37 Å². The summed E-state index contributed by atoms with van der Waals surface area (Å²) in [6.07, 6.45) is 6.04. The molecule has 0 rings (SSSR count). The largest absolute Gasteiger partial charge is 0.0656 e. The Hall–Kier alpha value is 0. The normalized spacial score (nSPS) is 8.05. The summed E-state index contributed by atoms with van der Waals surface area (Å²) in [5.74, 6) is 1.54. The fourth-order valence-electron chi connectivity index (χ4n) is 0. The fourth-order valence-corrected chi connectivity index (χ4v) is 0. The predicted octanol–water partition coefficient (Wildman–Crippen LogP) is 9.38. The van der Waals surface area contributed by atoms with E-state index in [1.807, 2.05) is 0 Å². The molecule has 0 aliphatic heterocycles. The van der Waals surface area contributed by atoms with E-state index in [0.29, 0.717) is 12.8 Å². The van der Waals surface area contributed by atoms with Gasteiger partial charge >= 0.3 is 0 Å². The zero-order chi connectivity index (χ0) is 19.4. The molecule has 0 saturated carbocycles. The third kappa shape index (κ3) is 1620. The van der Waals surface area contributed by atoms with Crippen molar-refractivity contribution in [1.29, 1.82) is 0 Å². The molecule has 0 bridgehead atoms. The van der Waals surface area contributed by atoms with Crippen LogP contribution < -0.4 is 0 Å². The minimum absolute atomic E-state index is 0.581. The van der Waals surface area contributed by atoms with Gasteiger partial charge < -0.3 is 0 Å². The van der Waals surface area contributed by atoms with Crippen LogP contribution in [-0.4, -0.2) is 0 Å². The predicted molar refractivity (Wildman–Crippen MR) is 110 cm³/mol. The third-order valence-electron chi connectivity index (χ3n) is 0.577. The highest BCUT2D eigenvalue weighted by atomic mass is 13.9. The van der Waals surface area contributed by atoms with Crippen molar-refractivity contribution in [3.8, 4) is 0 Å². The fraction of sp³-hybridized carbons (Fsp3) is 1.00. The first-order valence-electron chi connectivity index (χ1n) is 10.2. The first-order chi connectivity index (χ1) is 10.2. The highest BCUT2D eigenvalue weighted by Crippen LogP contribution is 1.93. The van der Waals surface area contributed by atoms with Crippen molar-refractivity contribution in [1.82, 2.24) is 0 Å². The topological polar surface area (TPSA) is 0 Å². The van der Waals surface area contributed by atoms with E-state index in [1.165, 1.54) is 25.7 Å². The lowest BCUT2D eigenvalue weighted by atomic mass is 10.2. The third-order valence-corrected chi connectivity index (χ3v) is 0.577. The van der Waals surface area contributed by atoms with Crippen molar-refractivity contribution >= 4 is 0 Å². The van der Waals surface area contributed by atoms with Gasteiger partial charge in [0.25, 0.3) is 0 Å². The molecule has 0 N–H and O–H groups in total. The molecule has 0 aliphatic carbocycles. The molecule has 0 aliphatic rings. The van der Waals surface area contributed by atoms with Crippen molar-refractivity contribution in [2.24, 2.45) is 11.8 Å². The molecule has 0 heterocycles. The van der Waals surface area contributed by atoms with Crippen molar-refractivity contribution in [2.75, 3.05) is 0 Å². The van der Waals surface area contributed by atoms with Gasteiger partial charge in [0.15, 0.2) is 0 Å². The Labute approximate surface area is 142 Å². The molecule has 0 amide bonds. The van der Waals surface area contributed by atoms with E-state index in [1.54, 1.807) is 0 Å². The van der Waals surface area contributed by atoms with E-state index in [2.05, 4.69) is 90.0 Å². The van der Waals surface area contributed by atoms with Gasteiger partial charge in [0.05, 0.1) is 0 Å². The number of hydrogen-bond donors (Lipinski definition) is 0. The molecule has 21 heavy (non-hydrogen) atoms. The maximum Gasteiger partial charge on any atom is 0.0230 e. The lowest BCUT2D eigenvalue weighted by Crippen LogP contribution is -1.77. The van der Waals surface area contributed by atoms with E-state index in [9.17, 15) is 0 Å². The Bertz CT molecular complexity index is 77.2. The van der Waals surface area contributed by atoms with Gasteiger partial charge in [-0.1, -0.05) is 129 Å². The van der Waals surface area contributed by atoms with Gasteiger partial charge in [0.1, 0.15) is 0 Å². The second-order valence-corrected chi connectivity index (χ2v) is 6.24. The van der Waals surface area contributed by atoms with E-state index in [0.717, 1.165) is 12.3 Å². The zero-order valence-corrected chi connectivity index (χ0v) is 18.4. The molecule has 0 radical (unpaired) electrons.